The highest BCUT2D eigenvalue weighted by atomic mass is 16.6. The Balaban J connectivity index is 2.36. The molecule has 0 aliphatic carbocycles. The zero-order valence-corrected chi connectivity index (χ0v) is 10.2. The number of benzene rings is 1. The van der Waals surface area contributed by atoms with Gasteiger partial charge in [-0.15, -0.1) is 0 Å². The Morgan fingerprint density at radius 3 is 2.59 bits per heavy atom. The molecule has 1 unspecified atom stereocenters. The molecule has 0 fully saturated rings. The summed E-state index contributed by atoms with van der Waals surface area (Å²) in [4.78, 5) is 11.6. The molecule has 1 aromatic carbocycles. The van der Waals surface area contributed by atoms with Crippen LogP contribution in [0.15, 0.2) is 24.3 Å². The van der Waals surface area contributed by atoms with Gasteiger partial charge in [0.2, 0.25) is 0 Å². The average molecular weight is 238 g/mol. The van der Waals surface area contributed by atoms with Crippen LogP contribution in [0.5, 0.6) is 5.75 Å². The van der Waals surface area contributed by atoms with E-state index in [-0.39, 0.29) is 18.5 Å². The van der Waals surface area contributed by atoms with Crippen LogP contribution in [0.25, 0.3) is 0 Å². The highest BCUT2D eigenvalue weighted by molar-refractivity contribution is 5.89. The summed E-state index contributed by atoms with van der Waals surface area (Å²) in [5.74, 6) is -0.279. The lowest BCUT2D eigenvalue weighted by Gasteiger charge is -2.12. The largest absolute Gasteiger partial charge is 0.508 e. The van der Waals surface area contributed by atoms with Crippen LogP contribution in [0.3, 0.4) is 0 Å². The number of carbonyl (C=O) groups is 1. The summed E-state index contributed by atoms with van der Waals surface area (Å²) in [6, 6.07) is 5.95. The molecule has 0 heterocycles. The van der Waals surface area contributed by atoms with E-state index in [1.165, 1.54) is 24.3 Å². The molecule has 0 saturated heterocycles. The molecule has 0 aliphatic heterocycles. The minimum atomic E-state index is -0.406. The summed E-state index contributed by atoms with van der Waals surface area (Å²) in [5.41, 5.74) is 0.422. The van der Waals surface area contributed by atoms with Crippen molar-refractivity contribution in [2.45, 2.75) is 26.4 Å². The van der Waals surface area contributed by atoms with Crippen molar-refractivity contribution >= 4 is 5.97 Å². The van der Waals surface area contributed by atoms with Gasteiger partial charge in [-0.2, -0.15) is 0 Å². The Morgan fingerprint density at radius 1 is 1.35 bits per heavy atom. The van der Waals surface area contributed by atoms with Crippen molar-refractivity contribution in [2.75, 3.05) is 13.2 Å². The van der Waals surface area contributed by atoms with Gasteiger partial charge in [0.05, 0.1) is 11.7 Å². The average Bonchev–Trinajstić information content (AvgIpc) is 2.34. The smallest absolute Gasteiger partial charge is 0.338 e. The van der Waals surface area contributed by atoms with Gasteiger partial charge in [-0.05, 0) is 37.6 Å². The first-order valence-electron chi connectivity index (χ1n) is 5.71. The lowest BCUT2D eigenvalue weighted by Crippen LogP contribution is -2.19. The number of phenols is 1. The molecule has 4 heteroatoms. The number of ether oxygens (including phenoxy) is 2. The number of phenolic OH excluding ortho intramolecular Hbond substituents is 1. The quantitative estimate of drug-likeness (QED) is 0.773. The first kappa shape index (κ1) is 13.5. The van der Waals surface area contributed by atoms with Crippen LogP contribution in [0.2, 0.25) is 0 Å². The van der Waals surface area contributed by atoms with Crippen LogP contribution < -0.4 is 0 Å². The third-order valence-corrected chi connectivity index (χ3v) is 2.16. The summed E-state index contributed by atoms with van der Waals surface area (Å²) >= 11 is 0. The second-order valence-electron chi connectivity index (χ2n) is 3.83. The van der Waals surface area contributed by atoms with Gasteiger partial charge in [0, 0.05) is 6.61 Å². The van der Waals surface area contributed by atoms with Crippen molar-refractivity contribution < 1.29 is 19.4 Å². The third kappa shape index (κ3) is 4.87. The van der Waals surface area contributed by atoms with Crippen LogP contribution >= 0.6 is 0 Å². The molecule has 0 radical (unpaired) electrons. The molecule has 1 aromatic rings. The first-order valence-corrected chi connectivity index (χ1v) is 5.71. The minimum absolute atomic E-state index is 0.101. The van der Waals surface area contributed by atoms with E-state index >= 15 is 0 Å². The topological polar surface area (TPSA) is 55.8 Å². The zero-order chi connectivity index (χ0) is 12.7. The van der Waals surface area contributed by atoms with E-state index in [4.69, 9.17) is 14.6 Å². The monoisotopic (exact) mass is 238 g/mol. The highest BCUT2D eigenvalue weighted by Gasteiger charge is 2.09. The van der Waals surface area contributed by atoms with Crippen LogP contribution in [0.1, 0.15) is 30.6 Å². The van der Waals surface area contributed by atoms with Gasteiger partial charge >= 0.3 is 5.97 Å². The molecule has 17 heavy (non-hydrogen) atoms. The normalized spacial score (nSPS) is 12.1. The van der Waals surface area contributed by atoms with Crippen LogP contribution in [-0.2, 0) is 9.47 Å². The lowest BCUT2D eigenvalue weighted by atomic mass is 10.2. The van der Waals surface area contributed by atoms with E-state index in [1.807, 2.05) is 13.8 Å². The Bertz CT molecular complexity index is 345. The van der Waals surface area contributed by atoms with Gasteiger partial charge in [0.15, 0.2) is 0 Å². The molecule has 1 atom stereocenters. The Morgan fingerprint density at radius 2 is 2.00 bits per heavy atom. The van der Waals surface area contributed by atoms with Crippen molar-refractivity contribution in [3.05, 3.63) is 29.8 Å². The van der Waals surface area contributed by atoms with E-state index < -0.39 is 5.97 Å². The fourth-order valence-corrected chi connectivity index (χ4v) is 1.24. The number of rotatable bonds is 6. The summed E-state index contributed by atoms with van der Waals surface area (Å²) < 4.78 is 10.5. The fourth-order valence-electron chi connectivity index (χ4n) is 1.24. The summed E-state index contributed by atoms with van der Waals surface area (Å²) in [5, 5.41) is 9.08. The predicted molar refractivity (Wildman–Crippen MR) is 64.1 cm³/mol. The number of carbonyl (C=O) groups excluding carboxylic acids is 1. The molecule has 0 aliphatic rings. The SMILES string of the molecule is CCCOC(C)COC(=O)c1ccc(O)cc1. The Hall–Kier alpha value is -1.55. The van der Waals surface area contributed by atoms with E-state index in [9.17, 15) is 4.79 Å². The second kappa shape index (κ2) is 6.91. The minimum Gasteiger partial charge on any atom is -0.508 e. The van der Waals surface area contributed by atoms with Crippen molar-refractivity contribution in [3.63, 3.8) is 0 Å². The number of esters is 1. The molecular weight excluding hydrogens is 220 g/mol. The van der Waals surface area contributed by atoms with Gasteiger partial charge in [-0.25, -0.2) is 4.79 Å². The fraction of sp³-hybridized carbons (Fsp3) is 0.462. The standard InChI is InChI=1S/C13H18O4/c1-3-8-16-10(2)9-17-13(15)11-4-6-12(14)7-5-11/h4-7,10,14H,3,8-9H2,1-2H3. The Kier molecular flexibility index (Phi) is 5.49. The summed E-state index contributed by atoms with van der Waals surface area (Å²) in [6.07, 6.45) is 0.840. The zero-order valence-electron chi connectivity index (χ0n) is 10.2. The molecule has 0 aromatic heterocycles. The molecule has 0 bridgehead atoms. The molecule has 0 spiro atoms. The predicted octanol–water partition coefficient (Wildman–Crippen LogP) is 2.36. The number of hydrogen-bond acceptors (Lipinski definition) is 4. The molecule has 1 rings (SSSR count). The molecule has 0 saturated carbocycles. The molecule has 94 valence electrons. The maximum absolute atomic E-state index is 11.6. The Labute approximate surface area is 101 Å². The van der Waals surface area contributed by atoms with E-state index in [1.54, 1.807) is 0 Å². The second-order valence-corrected chi connectivity index (χ2v) is 3.83. The summed E-state index contributed by atoms with van der Waals surface area (Å²) in [6.45, 7) is 4.78. The van der Waals surface area contributed by atoms with Gasteiger partial charge in [-0.1, -0.05) is 6.92 Å². The van der Waals surface area contributed by atoms with Gasteiger partial charge in [-0.3, -0.25) is 0 Å². The maximum Gasteiger partial charge on any atom is 0.338 e. The van der Waals surface area contributed by atoms with Crippen LogP contribution in [0, 0.1) is 0 Å². The van der Waals surface area contributed by atoms with Crippen LogP contribution in [0.4, 0.5) is 0 Å². The van der Waals surface area contributed by atoms with Crippen LogP contribution in [-0.4, -0.2) is 30.4 Å². The highest BCUT2D eigenvalue weighted by Crippen LogP contribution is 2.10. The first-order chi connectivity index (χ1) is 8.13. The molecule has 4 nitrogen and oxygen atoms in total. The van der Waals surface area contributed by atoms with Crippen molar-refractivity contribution in [1.82, 2.24) is 0 Å². The van der Waals surface area contributed by atoms with Crippen molar-refractivity contribution in [1.29, 1.82) is 0 Å². The van der Waals surface area contributed by atoms with Crippen molar-refractivity contribution in [2.24, 2.45) is 0 Å². The molecule has 0 amide bonds. The number of hydrogen-bond donors (Lipinski definition) is 1. The van der Waals surface area contributed by atoms with E-state index in [0.29, 0.717) is 12.2 Å². The number of aromatic hydroxyl groups is 1. The van der Waals surface area contributed by atoms with E-state index in [2.05, 4.69) is 0 Å². The van der Waals surface area contributed by atoms with Gasteiger partial charge in [0.1, 0.15) is 12.4 Å². The molecule has 1 N–H and O–H groups in total. The molecular formula is C13H18O4. The lowest BCUT2D eigenvalue weighted by molar-refractivity contribution is -0.000138. The van der Waals surface area contributed by atoms with Gasteiger partial charge in [0.25, 0.3) is 0 Å². The third-order valence-electron chi connectivity index (χ3n) is 2.16. The van der Waals surface area contributed by atoms with Crippen molar-refractivity contribution in [3.8, 4) is 5.75 Å². The maximum atomic E-state index is 11.6. The van der Waals surface area contributed by atoms with Gasteiger partial charge < -0.3 is 14.6 Å². The summed E-state index contributed by atoms with van der Waals surface area (Å²) in [7, 11) is 0. The van der Waals surface area contributed by atoms with E-state index in [0.717, 1.165) is 6.42 Å².